The molecule has 24 heavy (non-hydrogen) atoms. The molecule has 0 unspecified atom stereocenters. The zero-order valence-electron chi connectivity index (χ0n) is 12.1. The van der Waals surface area contributed by atoms with E-state index in [0.717, 1.165) is 24.3 Å². The molecular formula is C17H10BrF3O3. The van der Waals surface area contributed by atoms with Crippen LogP contribution in [0.4, 0.5) is 13.2 Å². The monoisotopic (exact) mass is 398 g/mol. The molecule has 0 atom stereocenters. The number of rotatable bonds is 5. The van der Waals surface area contributed by atoms with E-state index < -0.39 is 35.8 Å². The Labute approximate surface area is 143 Å². The number of benzene rings is 2. The van der Waals surface area contributed by atoms with Crippen molar-refractivity contribution in [1.29, 1.82) is 0 Å². The van der Waals surface area contributed by atoms with E-state index in [0.29, 0.717) is 4.47 Å². The molecule has 0 bridgehead atoms. The molecule has 2 aromatic carbocycles. The van der Waals surface area contributed by atoms with E-state index in [4.69, 9.17) is 4.74 Å². The van der Waals surface area contributed by atoms with Crippen LogP contribution in [0.3, 0.4) is 0 Å². The maximum atomic E-state index is 13.5. The minimum absolute atomic E-state index is 0.122. The van der Waals surface area contributed by atoms with Crippen LogP contribution >= 0.6 is 15.9 Å². The predicted octanol–water partition coefficient (Wildman–Crippen LogP) is 4.31. The van der Waals surface area contributed by atoms with Gasteiger partial charge in [-0.15, -0.1) is 0 Å². The van der Waals surface area contributed by atoms with Gasteiger partial charge in [0.05, 0.1) is 0 Å². The second kappa shape index (κ2) is 7.92. The molecule has 0 spiro atoms. The van der Waals surface area contributed by atoms with Crippen molar-refractivity contribution in [3.8, 4) is 0 Å². The van der Waals surface area contributed by atoms with Crippen LogP contribution < -0.4 is 0 Å². The van der Waals surface area contributed by atoms with Crippen molar-refractivity contribution in [2.45, 2.75) is 0 Å². The van der Waals surface area contributed by atoms with Gasteiger partial charge in [0.25, 0.3) is 0 Å². The molecule has 0 radical (unpaired) electrons. The third kappa shape index (κ3) is 4.79. The first-order valence-corrected chi connectivity index (χ1v) is 7.44. The summed E-state index contributed by atoms with van der Waals surface area (Å²) in [6, 6.07) is 6.80. The smallest absolute Gasteiger partial charge is 0.331 e. The molecule has 0 amide bonds. The Bertz CT molecular complexity index is 819. The average Bonchev–Trinajstić information content (AvgIpc) is 2.56. The zero-order valence-corrected chi connectivity index (χ0v) is 13.6. The molecule has 3 nitrogen and oxygen atoms in total. The molecular weight excluding hydrogens is 389 g/mol. The molecule has 0 aliphatic heterocycles. The summed E-state index contributed by atoms with van der Waals surface area (Å²) in [5.74, 6) is -4.34. The summed E-state index contributed by atoms with van der Waals surface area (Å²) >= 11 is 3.17. The van der Waals surface area contributed by atoms with Gasteiger partial charge in [0.2, 0.25) is 0 Å². The standard InChI is InChI=1S/C17H10BrF3O3/c18-12-3-5-13(19)10(7-12)2-6-17(23)24-9-16(22)11-1-4-14(20)15(21)8-11/h1-8H,9H2/b6-2+. The Balaban J connectivity index is 1.95. The van der Waals surface area contributed by atoms with Crippen LogP contribution in [-0.4, -0.2) is 18.4 Å². The van der Waals surface area contributed by atoms with Gasteiger partial charge in [-0.1, -0.05) is 15.9 Å². The predicted molar refractivity (Wildman–Crippen MR) is 84.8 cm³/mol. The summed E-state index contributed by atoms with van der Waals surface area (Å²) in [5.41, 5.74) is 0.0389. The molecule has 2 aromatic rings. The van der Waals surface area contributed by atoms with E-state index in [1.807, 2.05) is 0 Å². The lowest BCUT2D eigenvalue weighted by Gasteiger charge is -2.03. The van der Waals surface area contributed by atoms with Crippen LogP contribution in [0.25, 0.3) is 6.08 Å². The van der Waals surface area contributed by atoms with E-state index in [-0.39, 0.29) is 11.1 Å². The second-order valence-corrected chi connectivity index (χ2v) is 5.57. The van der Waals surface area contributed by atoms with Crippen LogP contribution in [-0.2, 0) is 9.53 Å². The molecule has 0 fully saturated rings. The number of esters is 1. The highest BCUT2D eigenvalue weighted by atomic mass is 79.9. The fourth-order valence-electron chi connectivity index (χ4n) is 1.74. The number of carbonyl (C=O) groups is 2. The molecule has 0 aliphatic rings. The quantitative estimate of drug-likeness (QED) is 0.428. The Morgan fingerprint density at radius 2 is 1.71 bits per heavy atom. The van der Waals surface area contributed by atoms with Crippen molar-refractivity contribution in [2.75, 3.05) is 6.61 Å². The van der Waals surface area contributed by atoms with Gasteiger partial charge in [0.1, 0.15) is 5.82 Å². The van der Waals surface area contributed by atoms with Gasteiger partial charge in [-0.25, -0.2) is 18.0 Å². The molecule has 0 aromatic heterocycles. The number of halogens is 4. The summed E-state index contributed by atoms with van der Waals surface area (Å²) < 4.78 is 44.6. The Morgan fingerprint density at radius 1 is 1.00 bits per heavy atom. The SMILES string of the molecule is O=C(/C=C/c1cc(Br)ccc1F)OCC(=O)c1ccc(F)c(F)c1. The van der Waals surface area contributed by atoms with Crippen molar-refractivity contribution >= 4 is 33.8 Å². The average molecular weight is 399 g/mol. The summed E-state index contributed by atoms with van der Waals surface area (Å²) in [4.78, 5) is 23.3. The largest absolute Gasteiger partial charge is 0.454 e. The maximum absolute atomic E-state index is 13.5. The third-order valence-corrected chi connectivity index (χ3v) is 3.44. The van der Waals surface area contributed by atoms with Gasteiger partial charge >= 0.3 is 5.97 Å². The number of carbonyl (C=O) groups excluding carboxylic acids is 2. The van der Waals surface area contributed by atoms with Gasteiger partial charge in [-0.05, 0) is 42.5 Å². The van der Waals surface area contributed by atoms with Crippen molar-refractivity contribution in [3.05, 3.63) is 75.5 Å². The molecule has 0 saturated heterocycles. The number of hydrogen-bond acceptors (Lipinski definition) is 3. The number of Topliss-reactive ketones (excluding diaryl/α,β-unsaturated/α-hetero) is 1. The van der Waals surface area contributed by atoms with E-state index in [1.165, 1.54) is 24.3 Å². The van der Waals surface area contributed by atoms with Gasteiger partial charge in [-0.3, -0.25) is 4.79 Å². The van der Waals surface area contributed by atoms with E-state index in [2.05, 4.69) is 15.9 Å². The van der Waals surface area contributed by atoms with E-state index >= 15 is 0 Å². The van der Waals surface area contributed by atoms with E-state index in [9.17, 15) is 22.8 Å². The van der Waals surface area contributed by atoms with Crippen LogP contribution in [0.2, 0.25) is 0 Å². The van der Waals surface area contributed by atoms with Crippen LogP contribution in [0.1, 0.15) is 15.9 Å². The first-order chi connectivity index (χ1) is 11.4. The zero-order chi connectivity index (χ0) is 17.7. The topological polar surface area (TPSA) is 43.4 Å². The minimum Gasteiger partial charge on any atom is -0.454 e. The fraction of sp³-hybridized carbons (Fsp3) is 0.0588. The number of ketones is 1. The van der Waals surface area contributed by atoms with Crippen LogP contribution in [0, 0.1) is 17.5 Å². The Hall–Kier alpha value is -2.41. The highest BCUT2D eigenvalue weighted by Crippen LogP contribution is 2.16. The Morgan fingerprint density at radius 3 is 2.42 bits per heavy atom. The fourth-order valence-corrected chi connectivity index (χ4v) is 2.12. The van der Waals surface area contributed by atoms with Gasteiger partial charge in [-0.2, -0.15) is 0 Å². The normalized spacial score (nSPS) is 10.8. The first kappa shape index (κ1) is 17.9. The van der Waals surface area contributed by atoms with Gasteiger partial charge in [0, 0.05) is 21.7 Å². The first-order valence-electron chi connectivity index (χ1n) is 6.65. The maximum Gasteiger partial charge on any atom is 0.331 e. The molecule has 0 saturated carbocycles. The molecule has 0 aliphatic carbocycles. The molecule has 7 heteroatoms. The third-order valence-electron chi connectivity index (χ3n) is 2.94. The van der Waals surface area contributed by atoms with Crippen molar-refractivity contribution in [3.63, 3.8) is 0 Å². The summed E-state index contributed by atoms with van der Waals surface area (Å²) in [7, 11) is 0. The highest BCUT2D eigenvalue weighted by Gasteiger charge is 2.11. The summed E-state index contributed by atoms with van der Waals surface area (Å²) in [6.45, 7) is -0.644. The lowest BCUT2D eigenvalue weighted by molar-refractivity contribution is -0.136. The minimum atomic E-state index is -1.17. The van der Waals surface area contributed by atoms with E-state index in [1.54, 1.807) is 0 Å². The van der Waals surface area contributed by atoms with Crippen LogP contribution in [0.15, 0.2) is 46.9 Å². The molecule has 2 rings (SSSR count). The van der Waals surface area contributed by atoms with Crippen LogP contribution in [0.5, 0.6) is 0 Å². The van der Waals surface area contributed by atoms with Gasteiger partial charge in [0.15, 0.2) is 24.0 Å². The number of hydrogen-bond donors (Lipinski definition) is 0. The molecule has 0 heterocycles. The number of ether oxygens (including phenoxy) is 1. The van der Waals surface area contributed by atoms with Crippen molar-refractivity contribution in [1.82, 2.24) is 0 Å². The van der Waals surface area contributed by atoms with Crippen molar-refractivity contribution in [2.24, 2.45) is 0 Å². The van der Waals surface area contributed by atoms with Crippen molar-refractivity contribution < 1.29 is 27.5 Å². The lowest BCUT2D eigenvalue weighted by Crippen LogP contribution is -2.13. The molecule has 0 N–H and O–H groups in total. The van der Waals surface area contributed by atoms with Gasteiger partial charge < -0.3 is 4.74 Å². The second-order valence-electron chi connectivity index (χ2n) is 4.66. The lowest BCUT2D eigenvalue weighted by atomic mass is 10.1. The Kier molecular flexibility index (Phi) is 5.92. The molecule has 124 valence electrons. The summed E-state index contributed by atoms with van der Waals surface area (Å²) in [6.07, 6.45) is 2.16. The summed E-state index contributed by atoms with van der Waals surface area (Å²) in [5, 5.41) is 0. The highest BCUT2D eigenvalue weighted by molar-refractivity contribution is 9.10.